The molecule has 1 aromatic carbocycles. The lowest BCUT2D eigenvalue weighted by molar-refractivity contribution is -0.137. The summed E-state index contributed by atoms with van der Waals surface area (Å²) in [7, 11) is 0. The highest BCUT2D eigenvalue weighted by molar-refractivity contribution is 6.33. The van der Waals surface area contributed by atoms with Gasteiger partial charge in [-0.25, -0.2) is 4.98 Å². The number of alkyl halides is 3. The molecule has 2 aromatic heterocycles. The maximum absolute atomic E-state index is 13.4. The predicted octanol–water partition coefficient (Wildman–Crippen LogP) is 4.05. The van der Waals surface area contributed by atoms with Gasteiger partial charge in [0.2, 0.25) is 0 Å². The third-order valence-electron chi connectivity index (χ3n) is 6.00. The van der Waals surface area contributed by atoms with Crippen molar-refractivity contribution in [3.8, 4) is 5.69 Å². The van der Waals surface area contributed by atoms with E-state index in [0.29, 0.717) is 23.7 Å². The van der Waals surface area contributed by atoms with Crippen LogP contribution >= 0.6 is 11.6 Å². The Balaban J connectivity index is 1.37. The van der Waals surface area contributed by atoms with Crippen molar-refractivity contribution in [3.05, 3.63) is 65.1 Å². The van der Waals surface area contributed by atoms with Crippen molar-refractivity contribution < 1.29 is 18.0 Å². The number of para-hydroxylation sites is 1. The molecule has 3 aromatic rings. The molecular formula is C21H18ClF3N6O. The molecule has 3 unspecified atom stereocenters. The Morgan fingerprint density at radius 2 is 1.91 bits per heavy atom. The maximum Gasteiger partial charge on any atom is 0.417 e. The number of benzene rings is 1. The standard InChI is InChI=1S/C21H18ClF3N6O/c22-15-9-13(21(23,24)25)10-26-19(15)29-16-7-12-8-18(16)30(11-12)20(32)14-3-1-2-4-17(14)31-27-5-6-28-31/h1-6,9-10,12,16,18H,7-8,11H2,(H,26,29). The van der Waals surface area contributed by atoms with Gasteiger partial charge in [0.25, 0.3) is 5.91 Å². The minimum Gasteiger partial charge on any atom is -0.364 e. The molecule has 0 spiro atoms. The number of anilines is 1. The number of carbonyl (C=O) groups excluding carboxylic acids is 1. The molecule has 166 valence electrons. The Labute approximate surface area is 186 Å². The largest absolute Gasteiger partial charge is 0.417 e. The van der Waals surface area contributed by atoms with E-state index in [4.69, 9.17) is 11.6 Å². The molecule has 2 fully saturated rings. The Morgan fingerprint density at radius 1 is 1.16 bits per heavy atom. The summed E-state index contributed by atoms with van der Waals surface area (Å²) < 4.78 is 38.7. The summed E-state index contributed by atoms with van der Waals surface area (Å²) in [5.74, 6) is 0.346. The molecule has 1 aliphatic carbocycles. The minimum absolute atomic E-state index is 0.101. The first-order valence-electron chi connectivity index (χ1n) is 10.1. The van der Waals surface area contributed by atoms with E-state index < -0.39 is 11.7 Å². The normalized spacial score (nSPS) is 22.4. The minimum atomic E-state index is -4.51. The van der Waals surface area contributed by atoms with Crippen LogP contribution in [0.1, 0.15) is 28.8 Å². The zero-order valence-electron chi connectivity index (χ0n) is 16.6. The van der Waals surface area contributed by atoms with Crippen molar-refractivity contribution in [2.24, 2.45) is 5.92 Å². The second kappa shape index (κ2) is 7.77. The van der Waals surface area contributed by atoms with Gasteiger partial charge in [0, 0.05) is 18.8 Å². The van der Waals surface area contributed by atoms with Crippen molar-refractivity contribution in [1.29, 1.82) is 0 Å². The molecule has 3 atom stereocenters. The first-order chi connectivity index (χ1) is 15.3. The van der Waals surface area contributed by atoms with E-state index in [1.165, 1.54) is 4.80 Å². The van der Waals surface area contributed by atoms with Gasteiger partial charge in [-0.3, -0.25) is 4.79 Å². The quantitative estimate of drug-likeness (QED) is 0.633. The van der Waals surface area contributed by atoms with Gasteiger partial charge in [-0.2, -0.15) is 28.2 Å². The Kier molecular flexibility index (Phi) is 5.04. The fourth-order valence-corrected chi connectivity index (χ4v) is 4.83. The molecule has 1 aliphatic heterocycles. The topological polar surface area (TPSA) is 75.9 Å². The van der Waals surface area contributed by atoms with E-state index >= 15 is 0 Å². The summed E-state index contributed by atoms with van der Waals surface area (Å²) in [6.07, 6.45) is 0.929. The van der Waals surface area contributed by atoms with Crippen LogP contribution in [0.4, 0.5) is 19.0 Å². The highest BCUT2D eigenvalue weighted by atomic mass is 35.5. The van der Waals surface area contributed by atoms with E-state index in [0.717, 1.165) is 25.1 Å². The Morgan fingerprint density at radius 3 is 2.59 bits per heavy atom. The summed E-state index contributed by atoms with van der Waals surface area (Å²) in [6, 6.07) is 7.71. The molecule has 3 heterocycles. The second-order valence-electron chi connectivity index (χ2n) is 8.00. The van der Waals surface area contributed by atoms with E-state index in [1.807, 2.05) is 11.0 Å². The number of nitrogens with zero attached hydrogens (tertiary/aromatic N) is 5. The van der Waals surface area contributed by atoms with Crippen LogP contribution in [0, 0.1) is 5.92 Å². The number of amides is 1. The Hall–Kier alpha value is -3.14. The van der Waals surface area contributed by atoms with E-state index in [9.17, 15) is 18.0 Å². The zero-order valence-corrected chi connectivity index (χ0v) is 17.4. The lowest BCUT2D eigenvalue weighted by Gasteiger charge is -2.34. The summed E-state index contributed by atoms with van der Waals surface area (Å²) in [4.78, 5) is 20.5. The molecule has 1 saturated heterocycles. The first kappa shape index (κ1) is 20.7. The number of fused-ring (bicyclic) bond motifs is 2. The highest BCUT2D eigenvalue weighted by Crippen LogP contribution is 2.41. The number of nitrogens with one attached hydrogen (secondary N) is 1. The van der Waals surface area contributed by atoms with Gasteiger partial charge in [0.15, 0.2) is 0 Å². The maximum atomic E-state index is 13.4. The molecule has 2 bridgehead atoms. The van der Waals surface area contributed by atoms with Gasteiger partial charge in [-0.05, 0) is 37.0 Å². The molecule has 5 rings (SSSR count). The van der Waals surface area contributed by atoms with Gasteiger partial charge >= 0.3 is 6.18 Å². The van der Waals surface area contributed by atoms with Crippen molar-refractivity contribution in [2.75, 3.05) is 11.9 Å². The molecule has 1 N–H and O–H groups in total. The van der Waals surface area contributed by atoms with Crippen molar-refractivity contribution in [2.45, 2.75) is 31.1 Å². The number of piperidine rings is 1. The summed E-state index contributed by atoms with van der Waals surface area (Å²) in [6.45, 7) is 0.622. The second-order valence-corrected chi connectivity index (χ2v) is 8.41. The fraction of sp³-hybridized carbons (Fsp3) is 0.333. The molecule has 0 radical (unpaired) electrons. The number of halogens is 4. The number of pyridine rings is 1. The Bertz CT molecular complexity index is 1150. The lowest BCUT2D eigenvalue weighted by Crippen LogP contribution is -2.48. The van der Waals surface area contributed by atoms with Crippen LogP contribution in [0.2, 0.25) is 5.02 Å². The van der Waals surface area contributed by atoms with Crippen molar-refractivity contribution in [3.63, 3.8) is 0 Å². The third kappa shape index (κ3) is 3.68. The smallest absolute Gasteiger partial charge is 0.364 e. The van der Waals surface area contributed by atoms with Gasteiger partial charge in [0.05, 0.1) is 40.3 Å². The summed E-state index contributed by atoms with van der Waals surface area (Å²) >= 11 is 6.07. The van der Waals surface area contributed by atoms with E-state index in [2.05, 4.69) is 20.5 Å². The number of hydrogen-bond donors (Lipinski definition) is 1. The first-order valence-corrected chi connectivity index (χ1v) is 10.4. The predicted molar refractivity (Wildman–Crippen MR) is 111 cm³/mol. The van der Waals surface area contributed by atoms with Crippen LogP contribution in [0.3, 0.4) is 0 Å². The van der Waals surface area contributed by atoms with Crippen LogP contribution in [0.25, 0.3) is 5.69 Å². The van der Waals surface area contributed by atoms with Crippen LogP contribution in [0.15, 0.2) is 48.9 Å². The molecule has 7 nitrogen and oxygen atoms in total. The number of carbonyl (C=O) groups is 1. The molecule has 1 amide bonds. The SMILES string of the molecule is O=C(c1ccccc1-n1nccn1)N1CC2CC(Nc3ncc(C(F)(F)F)cc3Cl)C1C2. The fourth-order valence-electron chi connectivity index (χ4n) is 4.61. The monoisotopic (exact) mass is 462 g/mol. The molecule has 32 heavy (non-hydrogen) atoms. The van der Waals surface area contributed by atoms with Crippen LogP contribution < -0.4 is 5.32 Å². The number of aromatic nitrogens is 4. The number of hydrogen-bond acceptors (Lipinski definition) is 5. The average Bonchev–Trinajstić information content (AvgIpc) is 3.51. The third-order valence-corrected chi connectivity index (χ3v) is 6.29. The van der Waals surface area contributed by atoms with E-state index in [-0.39, 0.29) is 28.8 Å². The van der Waals surface area contributed by atoms with Gasteiger partial charge in [0.1, 0.15) is 5.82 Å². The highest BCUT2D eigenvalue weighted by Gasteiger charge is 2.47. The van der Waals surface area contributed by atoms with Crippen molar-refractivity contribution >= 4 is 23.3 Å². The lowest BCUT2D eigenvalue weighted by atomic mass is 10.0. The average molecular weight is 463 g/mol. The zero-order chi connectivity index (χ0) is 22.5. The molecule has 2 aliphatic rings. The van der Waals surface area contributed by atoms with E-state index in [1.54, 1.807) is 30.6 Å². The summed E-state index contributed by atoms with van der Waals surface area (Å²) in [5, 5.41) is 11.3. The van der Waals surface area contributed by atoms with Crippen molar-refractivity contribution in [1.82, 2.24) is 24.9 Å². The molecular weight excluding hydrogens is 445 g/mol. The van der Waals surface area contributed by atoms with Gasteiger partial charge in [-0.1, -0.05) is 23.7 Å². The van der Waals surface area contributed by atoms with Gasteiger partial charge in [-0.15, -0.1) is 0 Å². The summed E-state index contributed by atoms with van der Waals surface area (Å²) in [5.41, 5.74) is 0.171. The number of likely N-dealkylation sites (tertiary alicyclic amines) is 1. The molecule has 1 saturated carbocycles. The molecule has 11 heteroatoms. The number of rotatable bonds is 4. The van der Waals surface area contributed by atoms with Crippen LogP contribution in [-0.4, -0.2) is 49.4 Å². The van der Waals surface area contributed by atoms with Crippen LogP contribution in [0.5, 0.6) is 0 Å². The van der Waals surface area contributed by atoms with Crippen LogP contribution in [-0.2, 0) is 6.18 Å². The van der Waals surface area contributed by atoms with Gasteiger partial charge < -0.3 is 10.2 Å².